The molecule has 3 nitrogen and oxygen atoms in total. The predicted molar refractivity (Wildman–Crippen MR) is 144 cm³/mol. The van der Waals surface area contributed by atoms with Gasteiger partial charge in [-0.25, -0.2) is 4.98 Å². The summed E-state index contributed by atoms with van der Waals surface area (Å²) in [5.41, 5.74) is 13.0. The first-order chi connectivity index (χ1) is 16.8. The molecule has 0 saturated heterocycles. The van der Waals surface area contributed by atoms with Crippen LogP contribution in [0.2, 0.25) is 0 Å². The van der Waals surface area contributed by atoms with Gasteiger partial charge in [0.1, 0.15) is 5.75 Å². The fourth-order valence-electron chi connectivity index (χ4n) is 4.21. The van der Waals surface area contributed by atoms with Crippen molar-refractivity contribution in [1.29, 1.82) is 0 Å². The lowest BCUT2D eigenvalue weighted by atomic mass is 9.98. The fraction of sp³-hybridized carbons (Fsp3) is 0.258. The summed E-state index contributed by atoms with van der Waals surface area (Å²) in [6.45, 7) is 2.97. The zero-order valence-corrected chi connectivity index (χ0v) is 20.0. The molecule has 0 radical (unpaired) electrons. The molecule has 1 heterocycles. The highest BCUT2D eigenvalue weighted by Crippen LogP contribution is 2.35. The molecule has 1 aromatic heterocycles. The summed E-state index contributed by atoms with van der Waals surface area (Å²) in [5.74, 6) is 0.876. The van der Waals surface area contributed by atoms with Crippen molar-refractivity contribution in [3.05, 3.63) is 91.0 Å². The number of aromatic nitrogens is 1. The van der Waals surface area contributed by atoms with Crippen LogP contribution in [0.25, 0.3) is 33.6 Å². The standard InChI is InChI=1S/C31H34N2O/c1-2-3-4-5-6-14-21-34-31-20-13-11-18-27(31)30-23-25(26-17-10-12-19-28(26)32)22-29(33-30)24-15-8-7-9-16-24/h7-13,15-20,22-23H,2-6,14,21,32H2,1H3. The smallest absolute Gasteiger partial charge is 0.128 e. The molecule has 174 valence electrons. The molecule has 0 spiro atoms. The Balaban J connectivity index is 1.65. The first-order valence-electron chi connectivity index (χ1n) is 12.4. The van der Waals surface area contributed by atoms with Crippen LogP contribution in [0.5, 0.6) is 5.75 Å². The van der Waals surface area contributed by atoms with Crippen molar-refractivity contribution in [1.82, 2.24) is 4.98 Å². The third kappa shape index (κ3) is 6.05. The highest BCUT2D eigenvalue weighted by Gasteiger charge is 2.13. The van der Waals surface area contributed by atoms with E-state index in [0.29, 0.717) is 0 Å². The summed E-state index contributed by atoms with van der Waals surface area (Å²) < 4.78 is 6.25. The quantitative estimate of drug-likeness (QED) is 0.184. The Hall–Kier alpha value is -3.59. The number of rotatable bonds is 11. The van der Waals surface area contributed by atoms with E-state index in [1.165, 1.54) is 32.1 Å². The van der Waals surface area contributed by atoms with Gasteiger partial charge in [-0.1, -0.05) is 99.7 Å². The molecular weight excluding hydrogens is 416 g/mol. The van der Waals surface area contributed by atoms with E-state index in [1.54, 1.807) is 0 Å². The van der Waals surface area contributed by atoms with Crippen LogP contribution in [0.3, 0.4) is 0 Å². The van der Waals surface area contributed by atoms with E-state index >= 15 is 0 Å². The molecule has 0 unspecified atom stereocenters. The number of nitrogen functional groups attached to an aromatic ring is 1. The van der Waals surface area contributed by atoms with Gasteiger partial charge in [0.05, 0.1) is 18.0 Å². The molecule has 0 amide bonds. The first kappa shape index (κ1) is 23.6. The maximum absolute atomic E-state index is 6.34. The average Bonchev–Trinajstić information content (AvgIpc) is 2.89. The van der Waals surface area contributed by atoms with Crippen LogP contribution < -0.4 is 10.5 Å². The summed E-state index contributed by atoms with van der Waals surface area (Å²) in [5, 5.41) is 0. The molecule has 4 aromatic rings. The zero-order chi connectivity index (χ0) is 23.6. The van der Waals surface area contributed by atoms with Gasteiger partial charge < -0.3 is 10.5 Å². The summed E-state index contributed by atoms with van der Waals surface area (Å²) in [6, 6.07) is 30.7. The van der Waals surface area contributed by atoms with Crippen molar-refractivity contribution in [2.24, 2.45) is 0 Å². The first-order valence-corrected chi connectivity index (χ1v) is 12.4. The molecule has 0 bridgehead atoms. The Labute approximate surface area is 203 Å². The molecule has 3 aromatic carbocycles. The van der Waals surface area contributed by atoms with Gasteiger partial charge >= 0.3 is 0 Å². The highest BCUT2D eigenvalue weighted by atomic mass is 16.5. The molecule has 3 heteroatoms. The summed E-state index contributed by atoms with van der Waals surface area (Å²) >= 11 is 0. The van der Waals surface area contributed by atoms with Crippen molar-refractivity contribution in [3.8, 4) is 39.4 Å². The van der Waals surface area contributed by atoms with E-state index < -0.39 is 0 Å². The van der Waals surface area contributed by atoms with E-state index in [1.807, 2.05) is 54.6 Å². The second-order valence-electron chi connectivity index (χ2n) is 8.69. The SMILES string of the molecule is CCCCCCCCOc1ccccc1-c1cc(-c2ccccc2N)cc(-c2ccccc2)n1. The Kier molecular flexibility index (Phi) is 8.34. The van der Waals surface area contributed by atoms with Crippen molar-refractivity contribution < 1.29 is 4.74 Å². The van der Waals surface area contributed by atoms with Crippen molar-refractivity contribution in [2.75, 3.05) is 12.3 Å². The lowest BCUT2D eigenvalue weighted by Gasteiger charge is -2.15. The number of para-hydroxylation sites is 2. The number of hydrogen-bond acceptors (Lipinski definition) is 3. The lowest BCUT2D eigenvalue weighted by Crippen LogP contribution is -2.00. The molecule has 0 aliphatic heterocycles. The minimum atomic E-state index is 0.722. The zero-order valence-electron chi connectivity index (χ0n) is 20.0. The van der Waals surface area contributed by atoms with Crippen LogP contribution in [-0.4, -0.2) is 11.6 Å². The highest BCUT2D eigenvalue weighted by molar-refractivity contribution is 5.83. The van der Waals surface area contributed by atoms with Crippen LogP contribution >= 0.6 is 0 Å². The largest absolute Gasteiger partial charge is 0.493 e. The van der Waals surface area contributed by atoms with Gasteiger partial charge in [-0.15, -0.1) is 0 Å². The third-order valence-corrected chi connectivity index (χ3v) is 6.09. The Morgan fingerprint density at radius 3 is 2.09 bits per heavy atom. The number of pyridine rings is 1. The lowest BCUT2D eigenvalue weighted by molar-refractivity contribution is 0.305. The Bertz CT molecular complexity index is 1190. The Morgan fingerprint density at radius 2 is 1.29 bits per heavy atom. The van der Waals surface area contributed by atoms with Gasteiger partial charge in [-0.3, -0.25) is 0 Å². The number of nitrogens with two attached hydrogens (primary N) is 1. The number of nitrogens with zero attached hydrogens (tertiary/aromatic N) is 1. The van der Waals surface area contributed by atoms with Gasteiger partial charge in [0.15, 0.2) is 0 Å². The van der Waals surface area contributed by atoms with Crippen LogP contribution in [0.1, 0.15) is 45.4 Å². The summed E-state index contributed by atoms with van der Waals surface area (Å²) in [7, 11) is 0. The fourth-order valence-corrected chi connectivity index (χ4v) is 4.21. The van der Waals surface area contributed by atoms with Crippen LogP contribution in [0.15, 0.2) is 91.0 Å². The van der Waals surface area contributed by atoms with E-state index in [-0.39, 0.29) is 0 Å². The van der Waals surface area contributed by atoms with E-state index in [9.17, 15) is 0 Å². The Morgan fingerprint density at radius 1 is 0.647 bits per heavy atom. The molecule has 2 N–H and O–H groups in total. The average molecular weight is 451 g/mol. The number of benzene rings is 3. The molecule has 0 aliphatic carbocycles. The van der Waals surface area contributed by atoms with E-state index in [4.69, 9.17) is 15.5 Å². The van der Waals surface area contributed by atoms with Gasteiger partial charge in [0.25, 0.3) is 0 Å². The maximum Gasteiger partial charge on any atom is 0.128 e. The van der Waals surface area contributed by atoms with Crippen LogP contribution in [0, 0.1) is 0 Å². The van der Waals surface area contributed by atoms with E-state index in [2.05, 4.69) is 43.3 Å². The molecule has 0 aliphatic rings. The minimum absolute atomic E-state index is 0.722. The summed E-state index contributed by atoms with van der Waals surface area (Å²) in [4.78, 5) is 5.05. The predicted octanol–water partition coefficient (Wildman–Crippen LogP) is 8.40. The van der Waals surface area contributed by atoms with Gasteiger partial charge in [-0.2, -0.15) is 0 Å². The number of unbranched alkanes of at least 4 members (excludes halogenated alkanes) is 5. The second-order valence-corrected chi connectivity index (χ2v) is 8.69. The number of ether oxygens (including phenoxy) is 1. The molecule has 0 saturated carbocycles. The van der Waals surface area contributed by atoms with Crippen LogP contribution in [-0.2, 0) is 0 Å². The van der Waals surface area contributed by atoms with Crippen LogP contribution in [0.4, 0.5) is 5.69 Å². The van der Waals surface area contributed by atoms with E-state index in [0.717, 1.165) is 58.1 Å². The van der Waals surface area contributed by atoms with Gasteiger partial charge in [-0.05, 0) is 42.3 Å². The topological polar surface area (TPSA) is 48.1 Å². The van der Waals surface area contributed by atoms with Crippen molar-refractivity contribution >= 4 is 5.69 Å². The minimum Gasteiger partial charge on any atom is -0.493 e. The number of anilines is 1. The molecule has 0 fully saturated rings. The van der Waals surface area contributed by atoms with Gasteiger partial charge in [0, 0.05) is 22.4 Å². The summed E-state index contributed by atoms with van der Waals surface area (Å²) in [6.07, 6.45) is 7.47. The third-order valence-electron chi connectivity index (χ3n) is 6.09. The van der Waals surface area contributed by atoms with Crippen molar-refractivity contribution in [3.63, 3.8) is 0 Å². The molecule has 4 rings (SSSR count). The normalized spacial score (nSPS) is 10.9. The van der Waals surface area contributed by atoms with Crippen molar-refractivity contribution in [2.45, 2.75) is 45.4 Å². The molecule has 34 heavy (non-hydrogen) atoms. The second kappa shape index (κ2) is 12.0. The number of hydrogen-bond donors (Lipinski definition) is 1. The molecule has 0 atom stereocenters. The van der Waals surface area contributed by atoms with Gasteiger partial charge in [0.2, 0.25) is 0 Å². The monoisotopic (exact) mass is 450 g/mol. The molecular formula is C31H34N2O. The maximum atomic E-state index is 6.34.